The van der Waals surface area contributed by atoms with Gasteiger partial charge in [0.15, 0.2) is 0 Å². The molecular formula is C25H22N2O4. The van der Waals surface area contributed by atoms with E-state index in [-0.39, 0.29) is 11.1 Å². The van der Waals surface area contributed by atoms with Crippen LogP contribution in [0.1, 0.15) is 45.4 Å². The van der Waals surface area contributed by atoms with E-state index >= 15 is 0 Å². The lowest BCUT2D eigenvalue weighted by Gasteiger charge is -2.11. The van der Waals surface area contributed by atoms with E-state index in [9.17, 15) is 19.8 Å². The number of para-hydroxylation sites is 1. The summed E-state index contributed by atoms with van der Waals surface area (Å²) in [7, 11) is 0. The van der Waals surface area contributed by atoms with Gasteiger partial charge in [-0.15, -0.1) is 0 Å². The van der Waals surface area contributed by atoms with Gasteiger partial charge >= 0.3 is 11.9 Å². The van der Waals surface area contributed by atoms with E-state index in [2.05, 4.69) is 16.5 Å². The second kappa shape index (κ2) is 8.44. The van der Waals surface area contributed by atoms with Crippen molar-refractivity contribution in [2.75, 3.05) is 0 Å². The minimum atomic E-state index is -0.986. The number of fused-ring (bicyclic) bond motifs is 1. The minimum absolute atomic E-state index is 0.203. The molecule has 0 amide bonds. The van der Waals surface area contributed by atoms with E-state index in [1.54, 1.807) is 30.3 Å². The van der Waals surface area contributed by atoms with Crippen LogP contribution in [0.15, 0.2) is 66.7 Å². The summed E-state index contributed by atoms with van der Waals surface area (Å²) in [6, 6.07) is 19.9. The lowest BCUT2D eigenvalue weighted by atomic mass is 9.99. The molecule has 156 valence electrons. The summed E-state index contributed by atoms with van der Waals surface area (Å²) in [6.07, 6.45) is 1.65. The Morgan fingerprint density at radius 1 is 0.871 bits per heavy atom. The van der Waals surface area contributed by atoms with Gasteiger partial charge in [0.25, 0.3) is 0 Å². The maximum Gasteiger partial charge on any atom is 0.337 e. The molecule has 0 aliphatic rings. The summed E-state index contributed by atoms with van der Waals surface area (Å²) in [6.45, 7) is 2.62. The Balaban J connectivity index is 1.72. The van der Waals surface area contributed by atoms with Crippen molar-refractivity contribution in [2.45, 2.75) is 26.3 Å². The van der Waals surface area contributed by atoms with Crippen LogP contribution in [0.4, 0.5) is 0 Å². The smallest absolute Gasteiger partial charge is 0.337 e. The molecule has 6 heteroatoms. The molecule has 6 nitrogen and oxygen atoms in total. The van der Waals surface area contributed by atoms with Gasteiger partial charge in [-0.3, -0.25) is 0 Å². The average Bonchev–Trinajstić information content (AvgIpc) is 3.11. The molecule has 0 fully saturated rings. The SMILES string of the molecule is CCCc1nc2c(C(=O)O)cccc2n1Cc1ccc(-c2ccccc2C(=O)O)cc1. The van der Waals surface area contributed by atoms with Crippen LogP contribution in [-0.2, 0) is 13.0 Å². The van der Waals surface area contributed by atoms with Crippen molar-refractivity contribution in [3.63, 3.8) is 0 Å². The van der Waals surface area contributed by atoms with Crippen molar-refractivity contribution < 1.29 is 19.8 Å². The number of aromatic nitrogens is 2. The average molecular weight is 414 g/mol. The minimum Gasteiger partial charge on any atom is -0.478 e. The number of benzene rings is 3. The van der Waals surface area contributed by atoms with Crippen molar-refractivity contribution in [3.8, 4) is 11.1 Å². The molecule has 2 N–H and O–H groups in total. The first-order valence-corrected chi connectivity index (χ1v) is 10.1. The van der Waals surface area contributed by atoms with Crippen LogP contribution in [0, 0.1) is 0 Å². The summed E-state index contributed by atoms with van der Waals surface area (Å²) < 4.78 is 2.06. The normalized spacial score (nSPS) is 11.0. The molecule has 0 unspecified atom stereocenters. The number of hydrogen-bond donors (Lipinski definition) is 2. The van der Waals surface area contributed by atoms with Crippen molar-refractivity contribution in [3.05, 3.63) is 89.2 Å². The molecule has 0 aliphatic carbocycles. The quantitative estimate of drug-likeness (QED) is 0.439. The van der Waals surface area contributed by atoms with E-state index in [1.807, 2.05) is 36.4 Å². The van der Waals surface area contributed by atoms with Crippen LogP contribution >= 0.6 is 0 Å². The van der Waals surface area contributed by atoms with Crippen LogP contribution in [0.5, 0.6) is 0 Å². The van der Waals surface area contributed by atoms with Crippen molar-refractivity contribution >= 4 is 23.0 Å². The summed E-state index contributed by atoms with van der Waals surface area (Å²) >= 11 is 0. The highest BCUT2D eigenvalue weighted by atomic mass is 16.4. The first kappa shape index (κ1) is 20.3. The predicted octanol–water partition coefficient (Wildman–Crippen LogP) is 5.10. The van der Waals surface area contributed by atoms with Gasteiger partial charge in [-0.05, 0) is 41.3 Å². The number of imidazole rings is 1. The Bertz CT molecular complexity index is 1270. The number of aromatic carboxylic acids is 2. The van der Waals surface area contributed by atoms with E-state index in [4.69, 9.17) is 0 Å². The highest BCUT2D eigenvalue weighted by molar-refractivity contribution is 6.01. The molecule has 3 aromatic carbocycles. The molecule has 4 aromatic rings. The third-order valence-corrected chi connectivity index (χ3v) is 5.33. The third kappa shape index (κ3) is 3.92. The molecule has 1 heterocycles. The number of carboxylic acids is 2. The second-order valence-electron chi connectivity index (χ2n) is 7.39. The molecule has 0 atom stereocenters. The van der Waals surface area contributed by atoms with E-state index in [1.165, 1.54) is 0 Å². The zero-order chi connectivity index (χ0) is 22.0. The molecular weight excluding hydrogens is 392 g/mol. The largest absolute Gasteiger partial charge is 0.478 e. The fourth-order valence-electron chi connectivity index (χ4n) is 3.85. The number of aryl methyl sites for hydroxylation is 1. The lowest BCUT2D eigenvalue weighted by molar-refractivity contribution is 0.0687. The van der Waals surface area contributed by atoms with Crippen LogP contribution in [0.25, 0.3) is 22.2 Å². The first-order valence-electron chi connectivity index (χ1n) is 10.1. The summed E-state index contributed by atoms with van der Waals surface area (Å²) in [5, 5.41) is 19.0. The van der Waals surface area contributed by atoms with E-state index in [0.717, 1.165) is 35.3 Å². The van der Waals surface area contributed by atoms with Gasteiger partial charge < -0.3 is 14.8 Å². The van der Waals surface area contributed by atoms with Gasteiger partial charge in [-0.2, -0.15) is 0 Å². The molecule has 0 radical (unpaired) electrons. The Hall–Kier alpha value is -3.93. The van der Waals surface area contributed by atoms with Crippen molar-refractivity contribution in [2.24, 2.45) is 0 Å². The molecule has 0 spiro atoms. The van der Waals surface area contributed by atoms with Crippen LogP contribution in [-0.4, -0.2) is 31.7 Å². The molecule has 0 saturated heterocycles. The monoisotopic (exact) mass is 414 g/mol. The van der Waals surface area contributed by atoms with Crippen molar-refractivity contribution in [1.29, 1.82) is 0 Å². The van der Waals surface area contributed by atoms with E-state index in [0.29, 0.717) is 17.6 Å². The second-order valence-corrected chi connectivity index (χ2v) is 7.39. The molecule has 31 heavy (non-hydrogen) atoms. The highest BCUT2D eigenvalue weighted by Crippen LogP contribution is 2.26. The zero-order valence-electron chi connectivity index (χ0n) is 17.1. The molecule has 1 aromatic heterocycles. The summed E-state index contributed by atoms with van der Waals surface area (Å²) in [4.78, 5) is 27.8. The Kier molecular flexibility index (Phi) is 5.54. The van der Waals surface area contributed by atoms with Crippen LogP contribution in [0.2, 0.25) is 0 Å². The van der Waals surface area contributed by atoms with Gasteiger partial charge in [0.05, 0.1) is 16.6 Å². The number of carboxylic acid groups (broad SMARTS) is 2. The maximum atomic E-state index is 11.6. The number of rotatable bonds is 7. The van der Waals surface area contributed by atoms with Gasteiger partial charge in [-0.25, -0.2) is 14.6 Å². The zero-order valence-corrected chi connectivity index (χ0v) is 17.1. The Labute approximate surface area is 179 Å². The number of carbonyl (C=O) groups is 2. The van der Waals surface area contributed by atoms with Gasteiger partial charge in [0.2, 0.25) is 0 Å². The fourth-order valence-corrected chi connectivity index (χ4v) is 3.85. The van der Waals surface area contributed by atoms with Gasteiger partial charge in [-0.1, -0.05) is 55.5 Å². The number of hydrogen-bond acceptors (Lipinski definition) is 3. The topological polar surface area (TPSA) is 92.4 Å². The van der Waals surface area contributed by atoms with Gasteiger partial charge in [0.1, 0.15) is 11.3 Å². The predicted molar refractivity (Wildman–Crippen MR) is 119 cm³/mol. The molecule has 0 saturated carbocycles. The van der Waals surface area contributed by atoms with Crippen LogP contribution in [0.3, 0.4) is 0 Å². The fraction of sp³-hybridized carbons (Fsp3) is 0.160. The summed E-state index contributed by atoms with van der Waals surface area (Å²) in [5.74, 6) is -1.09. The Morgan fingerprint density at radius 3 is 2.23 bits per heavy atom. The standard InChI is InChI=1S/C25H22N2O4/c1-2-6-22-26-23-20(25(30)31)9-5-10-21(23)27(22)15-16-11-13-17(14-12-16)18-7-3-4-8-19(18)24(28)29/h3-5,7-14H,2,6,15H2,1H3,(H,28,29)(H,30,31). The third-order valence-electron chi connectivity index (χ3n) is 5.33. The van der Waals surface area contributed by atoms with Crippen molar-refractivity contribution in [1.82, 2.24) is 9.55 Å². The number of nitrogens with zero attached hydrogens (tertiary/aromatic N) is 2. The highest BCUT2D eigenvalue weighted by Gasteiger charge is 2.17. The van der Waals surface area contributed by atoms with Crippen LogP contribution < -0.4 is 0 Å². The first-order chi connectivity index (χ1) is 15.0. The summed E-state index contributed by atoms with van der Waals surface area (Å²) in [5.41, 5.74) is 4.30. The Morgan fingerprint density at radius 2 is 1.55 bits per heavy atom. The lowest BCUT2D eigenvalue weighted by Crippen LogP contribution is -2.05. The van der Waals surface area contributed by atoms with E-state index < -0.39 is 11.9 Å². The molecule has 0 aliphatic heterocycles. The van der Waals surface area contributed by atoms with Gasteiger partial charge in [0, 0.05) is 13.0 Å². The maximum absolute atomic E-state index is 11.6. The molecule has 4 rings (SSSR count). The molecule has 0 bridgehead atoms.